The smallest absolute Gasteiger partial charge is 0.0954 e. The minimum absolute atomic E-state index is 0.898. The minimum atomic E-state index is 0.898. The number of nitrogens with two attached hydrogens (primary N) is 1. The lowest BCUT2D eigenvalue weighted by atomic mass is 10.2. The molecular weight excluding hydrogens is 213 g/mol. The second-order valence-corrected chi connectivity index (χ2v) is 3.54. The highest BCUT2D eigenvalue weighted by Crippen LogP contribution is 2.05. The normalized spacial score (nSPS) is 38.2. The standard InChI is InChI=1S/C6H12IN/c1-5-2-3-6(4-7)8-5/h5-6,8H,2-4H2,1H3/p+1/t5-,6+/m0/s1. The van der Waals surface area contributed by atoms with Crippen LogP contribution >= 0.6 is 22.6 Å². The van der Waals surface area contributed by atoms with Crippen LogP contribution in [0.1, 0.15) is 19.8 Å². The summed E-state index contributed by atoms with van der Waals surface area (Å²) in [5, 5.41) is 2.49. The predicted molar refractivity (Wildman–Crippen MR) is 43.3 cm³/mol. The quantitative estimate of drug-likeness (QED) is 0.496. The van der Waals surface area contributed by atoms with Crippen molar-refractivity contribution in [2.45, 2.75) is 31.8 Å². The van der Waals surface area contributed by atoms with Crippen LogP contribution in [0.3, 0.4) is 0 Å². The van der Waals surface area contributed by atoms with Crippen molar-refractivity contribution in [3.8, 4) is 0 Å². The molecule has 0 aliphatic carbocycles. The maximum atomic E-state index is 2.49. The minimum Gasteiger partial charge on any atom is -0.341 e. The third kappa shape index (κ3) is 1.58. The maximum absolute atomic E-state index is 2.49. The molecule has 0 radical (unpaired) electrons. The van der Waals surface area contributed by atoms with E-state index >= 15 is 0 Å². The molecule has 0 aromatic heterocycles. The molecule has 1 fully saturated rings. The molecule has 0 amide bonds. The van der Waals surface area contributed by atoms with Crippen LogP contribution in [-0.2, 0) is 0 Å². The second-order valence-electron chi connectivity index (χ2n) is 2.66. The second kappa shape index (κ2) is 3.01. The molecular formula is C6H13IN+. The zero-order valence-electron chi connectivity index (χ0n) is 5.23. The average molecular weight is 226 g/mol. The molecule has 0 aromatic carbocycles. The monoisotopic (exact) mass is 226 g/mol. The van der Waals surface area contributed by atoms with Crippen molar-refractivity contribution in [1.29, 1.82) is 0 Å². The lowest BCUT2D eigenvalue weighted by Crippen LogP contribution is -2.91. The van der Waals surface area contributed by atoms with Crippen molar-refractivity contribution in [3.05, 3.63) is 0 Å². The summed E-state index contributed by atoms with van der Waals surface area (Å²) in [4.78, 5) is 0. The first kappa shape index (κ1) is 6.81. The van der Waals surface area contributed by atoms with Gasteiger partial charge in [-0.25, -0.2) is 0 Å². The van der Waals surface area contributed by atoms with Crippen LogP contribution in [0, 0.1) is 0 Å². The van der Waals surface area contributed by atoms with Crippen LogP contribution < -0.4 is 5.32 Å². The fraction of sp³-hybridized carbons (Fsp3) is 1.00. The van der Waals surface area contributed by atoms with Crippen molar-refractivity contribution in [2.24, 2.45) is 0 Å². The molecule has 2 N–H and O–H groups in total. The number of hydrogen-bond donors (Lipinski definition) is 1. The molecule has 0 bridgehead atoms. The van der Waals surface area contributed by atoms with E-state index in [9.17, 15) is 0 Å². The van der Waals surface area contributed by atoms with Gasteiger partial charge in [-0.1, -0.05) is 22.6 Å². The highest BCUT2D eigenvalue weighted by atomic mass is 127. The Bertz CT molecular complexity index is 74.9. The van der Waals surface area contributed by atoms with E-state index in [1.165, 1.54) is 17.3 Å². The fourth-order valence-electron chi connectivity index (χ4n) is 1.26. The van der Waals surface area contributed by atoms with E-state index in [-0.39, 0.29) is 0 Å². The van der Waals surface area contributed by atoms with E-state index in [4.69, 9.17) is 0 Å². The van der Waals surface area contributed by atoms with E-state index < -0.39 is 0 Å². The zero-order valence-corrected chi connectivity index (χ0v) is 7.39. The SMILES string of the molecule is C[C@H]1CC[C@H](CI)[NH2+]1. The van der Waals surface area contributed by atoms with Crippen molar-refractivity contribution in [3.63, 3.8) is 0 Å². The zero-order chi connectivity index (χ0) is 5.98. The highest BCUT2D eigenvalue weighted by Gasteiger charge is 2.22. The molecule has 0 aromatic rings. The molecule has 1 rings (SSSR count). The van der Waals surface area contributed by atoms with Gasteiger partial charge in [0.1, 0.15) is 0 Å². The van der Waals surface area contributed by atoms with Crippen molar-refractivity contribution in [2.75, 3.05) is 4.43 Å². The van der Waals surface area contributed by atoms with Crippen molar-refractivity contribution < 1.29 is 5.32 Å². The molecule has 2 heteroatoms. The molecule has 1 heterocycles. The van der Waals surface area contributed by atoms with Gasteiger partial charge in [-0.05, 0) is 6.92 Å². The van der Waals surface area contributed by atoms with Gasteiger partial charge >= 0.3 is 0 Å². The summed E-state index contributed by atoms with van der Waals surface area (Å²) < 4.78 is 1.32. The third-order valence-electron chi connectivity index (χ3n) is 1.79. The summed E-state index contributed by atoms with van der Waals surface area (Å²) in [5.74, 6) is 0. The van der Waals surface area contributed by atoms with Gasteiger partial charge in [0.05, 0.1) is 16.5 Å². The van der Waals surface area contributed by atoms with Crippen molar-refractivity contribution >= 4 is 22.6 Å². The van der Waals surface area contributed by atoms with Gasteiger partial charge in [0, 0.05) is 12.8 Å². The van der Waals surface area contributed by atoms with Gasteiger partial charge in [-0.15, -0.1) is 0 Å². The average Bonchev–Trinajstić information content (AvgIpc) is 2.14. The van der Waals surface area contributed by atoms with Gasteiger partial charge in [0.25, 0.3) is 0 Å². The Kier molecular flexibility index (Phi) is 2.56. The summed E-state index contributed by atoms with van der Waals surface area (Å²) in [7, 11) is 0. The van der Waals surface area contributed by atoms with E-state index in [1.54, 1.807) is 0 Å². The molecule has 1 saturated heterocycles. The summed E-state index contributed by atoms with van der Waals surface area (Å²) in [5.41, 5.74) is 0. The maximum Gasteiger partial charge on any atom is 0.0954 e. The van der Waals surface area contributed by atoms with Crippen LogP contribution in [0.5, 0.6) is 0 Å². The van der Waals surface area contributed by atoms with Crippen LogP contribution in [0.4, 0.5) is 0 Å². The Morgan fingerprint density at radius 1 is 1.62 bits per heavy atom. The van der Waals surface area contributed by atoms with Crippen LogP contribution in [0.25, 0.3) is 0 Å². The molecule has 8 heavy (non-hydrogen) atoms. The first-order valence-electron chi connectivity index (χ1n) is 3.24. The Morgan fingerprint density at radius 2 is 2.38 bits per heavy atom. The molecule has 1 aliphatic heterocycles. The number of hydrogen-bond acceptors (Lipinski definition) is 0. The summed E-state index contributed by atoms with van der Waals surface area (Å²) in [6.07, 6.45) is 2.86. The lowest BCUT2D eigenvalue weighted by Gasteiger charge is -2.01. The molecule has 0 spiro atoms. The van der Waals surface area contributed by atoms with E-state index in [2.05, 4.69) is 34.8 Å². The number of alkyl halides is 1. The van der Waals surface area contributed by atoms with E-state index in [1.807, 2.05) is 0 Å². The van der Waals surface area contributed by atoms with E-state index in [0.29, 0.717) is 0 Å². The first-order valence-corrected chi connectivity index (χ1v) is 4.76. The summed E-state index contributed by atoms with van der Waals surface area (Å²) in [6.45, 7) is 2.31. The number of rotatable bonds is 1. The Labute approximate surface area is 64.4 Å². The molecule has 2 atom stereocenters. The Hall–Kier alpha value is 0.690. The molecule has 0 unspecified atom stereocenters. The molecule has 0 saturated carbocycles. The third-order valence-corrected chi connectivity index (χ3v) is 2.92. The largest absolute Gasteiger partial charge is 0.341 e. The summed E-state index contributed by atoms with van der Waals surface area (Å²) in [6, 6.07) is 1.83. The van der Waals surface area contributed by atoms with Gasteiger partial charge < -0.3 is 5.32 Å². The van der Waals surface area contributed by atoms with Gasteiger partial charge in [0.15, 0.2) is 0 Å². The Morgan fingerprint density at radius 3 is 2.62 bits per heavy atom. The topological polar surface area (TPSA) is 16.6 Å². The Balaban J connectivity index is 2.22. The van der Waals surface area contributed by atoms with Gasteiger partial charge in [-0.2, -0.15) is 0 Å². The fourth-order valence-corrected chi connectivity index (χ4v) is 2.00. The summed E-state index contributed by atoms with van der Waals surface area (Å²) >= 11 is 2.47. The molecule has 1 aliphatic rings. The van der Waals surface area contributed by atoms with Gasteiger partial charge in [-0.3, -0.25) is 0 Å². The van der Waals surface area contributed by atoms with Crippen LogP contribution in [0.2, 0.25) is 0 Å². The predicted octanol–water partition coefficient (Wildman–Crippen LogP) is 0.536. The number of halogens is 1. The lowest BCUT2D eigenvalue weighted by molar-refractivity contribution is -0.693. The highest BCUT2D eigenvalue weighted by molar-refractivity contribution is 14.1. The molecule has 1 nitrogen and oxygen atoms in total. The van der Waals surface area contributed by atoms with Gasteiger partial charge in [0.2, 0.25) is 0 Å². The van der Waals surface area contributed by atoms with Crippen molar-refractivity contribution in [1.82, 2.24) is 0 Å². The molecule has 48 valence electrons. The van der Waals surface area contributed by atoms with Crippen LogP contribution in [-0.4, -0.2) is 16.5 Å². The van der Waals surface area contributed by atoms with E-state index in [0.717, 1.165) is 12.1 Å². The first-order chi connectivity index (χ1) is 3.83. The van der Waals surface area contributed by atoms with Crippen LogP contribution in [0.15, 0.2) is 0 Å². The number of quaternary nitrogens is 1.